The largest absolute Gasteiger partial charge is 0.379 e. The molecule has 7 N–H and O–H groups in total. The molecule has 0 aliphatic rings. The number of nitrogens with two attached hydrogens (primary N) is 1. The smallest absolute Gasteiger partial charge is 0.239 e. The summed E-state index contributed by atoms with van der Waals surface area (Å²) in [6.07, 6.45) is 2.62. The Kier molecular flexibility index (Phi) is 29.8. The minimum Gasteiger partial charge on any atom is -0.379 e. The number of hydrogen-bond acceptors (Lipinski definition) is 10. The van der Waals surface area contributed by atoms with Crippen molar-refractivity contribution >= 4 is 30.0 Å². The molecule has 0 spiro atoms. The van der Waals surface area contributed by atoms with Crippen molar-refractivity contribution in [1.29, 1.82) is 0 Å². The highest BCUT2D eigenvalue weighted by Gasteiger charge is 2.04. The number of amides is 5. The molecule has 0 aliphatic carbocycles. The lowest BCUT2D eigenvalue weighted by Gasteiger charge is -2.08. The molecular formula is C23H46N6O9. The standard InChI is InChI=1S/C17H33N3O7.C6H13N3O2/c1-2-3-5-24-7-9-26-11-12-27-10-8-25-6-4-19-17(23)14-20-16(22)13-18-15-21;1-2-8-6(11)4-9-5(10)3-7/h15H,2-14H2,1H3,(H,18,21)(H,19,23)(H,20,22);2-4,7H2,1H3,(H,8,11)(H,9,10). The molecule has 0 aromatic heterocycles. The van der Waals surface area contributed by atoms with Gasteiger partial charge in [0.1, 0.15) is 0 Å². The van der Waals surface area contributed by atoms with E-state index in [9.17, 15) is 24.0 Å². The van der Waals surface area contributed by atoms with Crippen molar-refractivity contribution in [2.75, 3.05) is 92.1 Å². The zero-order valence-electron chi connectivity index (χ0n) is 22.6. The summed E-state index contributed by atoms with van der Waals surface area (Å²) in [5, 5.41) is 12.0. The Hall–Kier alpha value is -2.85. The fourth-order valence-corrected chi connectivity index (χ4v) is 2.22. The minimum atomic E-state index is -0.432. The van der Waals surface area contributed by atoms with Crippen LogP contribution in [0.2, 0.25) is 0 Å². The summed E-state index contributed by atoms with van der Waals surface area (Å²) in [6, 6.07) is 0. The second-order valence-electron chi connectivity index (χ2n) is 7.36. The van der Waals surface area contributed by atoms with E-state index in [1.54, 1.807) is 0 Å². The van der Waals surface area contributed by atoms with E-state index in [0.29, 0.717) is 65.7 Å². The first-order valence-corrected chi connectivity index (χ1v) is 12.7. The molecule has 0 aromatic rings. The van der Waals surface area contributed by atoms with Crippen molar-refractivity contribution in [3.05, 3.63) is 0 Å². The van der Waals surface area contributed by atoms with Gasteiger partial charge in [0, 0.05) is 19.7 Å². The Morgan fingerprint density at radius 2 is 1.11 bits per heavy atom. The van der Waals surface area contributed by atoms with Crippen molar-refractivity contribution in [1.82, 2.24) is 26.6 Å². The van der Waals surface area contributed by atoms with Crippen molar-refractivity contribution in [3.63, 3.8) is 0 Å². The predicted octanol–water partition coefficient (Wildman–Crippen LogP) is -2.97. The Balaban J connectivity index is 0. The summed E-state index contributed by atoms with van der Waals surface area (Å²) in [4.78, 5) is 53.8. The maximum Gasteiger partial charge on any atom is 0.239 e. The second-order valence-corrected chi connectivity index (χ2v) is 7.36. The molecule has 15 nitrogen and oxygen atoms in total. The highest BCUT2D eigenvalue weighted by Crippen LogP contribution is 1.88. The number of likely N-dealkylation sites (N-methyl/N-ethyl adjacent to an activating group) is 1. The van der Waals surface area contributed by atoms with Crippen LogP contribution in [-0.2, 0) is 42.9 Å². The molecule has 0 saturated carbocycles. The number of ether oxygens (including phenoxy) is 4. The maximum absolute atomic E-state index is 11.4. The van der Waals surface area contributed by atoms with E-state index in [1.165, 1.54) is 0 Å². The Morgan fingerprint density at radius 1 is 0.632 bits per heavy atom. The van der Waals surface area contributed by atoms with Crippen molar-refractivity contribution < 1.29 is 42.9 Å². The fourth-order valence-electron chi connectivity index (χ4n) is 2.22. The molecule has 0 fully saturated rings. The van der Waals surface area contributed by atoms with Crippen LogP contribution in [0.1, 0.15) is 26.7 Å². The zero-order valence-corrected chi connectivity index (χ0v) is 22.6. The van der Waals surface area contributed by atoms with Gasteiger partial charge in [0.2, 0.25) is 30.0 Å². The average Bonchev–Trinajstić information content (AvgIpc) is 2.92. The molecule has 5 amide bonds. The van der Waals surface area contributed by atoms with Gasteiger partial charge in [-0.2, -0.15) is 0 Å². The number of hydrogen-bond donors (Lipinski definition) is 6. The minimum absolute atomic E-state index is 0.00384. The highest BCUT2D eigenvalue weighted by atomic mass is 16.6. The van der Waals surface area contributed by atoms with Gasteiger partial charge in [-0.1, -0.05) is 13.3 Å². The molecular weight excluding hydrogens is 504 g/mol. The van der Waals surface area contributed by atoms with Crippen LogP contribution in [-0.4, -0.2) is 122 Å². The van der Waals surface area contributed by atoms with E-state index in [2.05, 4.69) is 33.5 Å². The first-order valence-electron chi connectivity index (χ1n) is 12.7. The zero-order chi connectivity index (χ0) is 28.7. The molecule has 38 heavy (non-hydrogen) atoms. The van der Waals surface area contributed by atoms with Gasteiger partial charge in [-0.3, -0.25) is 24.0 Å². The molecule has 0 saturated heterocycles. The van der Waals surface area contributed by atoms with Gasteiger partial charge in [0.25, 0.3) is 0 Å². The number of nitrogens with one attached hydrogen (secondary N) is 5. The normalized spacial score (nSPS) is 9.97. The van der Waals surface area contributed by atoms with Crippen LogP contribution < -0.4 is 32.3 Å². The van der Waals surface area contributed by atoms with Crippen LogP contribution in [0.25, 0.3) is 0 Å². The van der Waals surface area contributed by atoms with E-state index >= 15 is 0 Å². The third-order valence-corrected chi connectivity index (χ3v) is 4.12. The summed E-state index contributed by atoms with van der Waals surface area (Å²) >= 11 is 0. The molecule has 0 aromatic carbocycles. The maximum atomic E-state index is 11.4. The molecule has 0 heterocycles. The molecule has 0 bridgehead atoms. The van der Waals surface area contributed by atoms with Crippen LogP contribution in [0.5, 0.6) is 0 Å². The molecule has 0 unspecified atom stereocenters. The number of unbranched alkanes of at least 4 members (excludes halogenated alkanes) is 1. The lowest BCUT2D eigenvalue weighted by molar-refractivity contribution is -0.126. The van der Waals surface area contributed by atoms with E-state index in [1.807, 2.05) is 6.92 Å². The average molecular weight is 551 g/mol. The SMILES string of the molecule is CCCCOCCOCCOCCOCCNC(=O)CNC(=O)CNC=O.CCNC(=O)CNC(=O)CN. The quantitative estimate of drug-likeness (QED) is 0.0531. The van der Waals surface area contributed by atoms with Gasteiger partial charge >= 0.3 is 0 Å². The van der Waals surface area contributed by atoms with Crippen LogP contribution >= 0.6 is 0 Å². The summed E-state index contributed by atoms with van der Waals surface area (Å²) in [7, 11) is 0. The third-order valence-electron chi connectivity index (χ3n) is 4.12. The lowest BCUT2D eigenvalue weighted by atomic mass is 10.4. The van der Waals surface area contributed by atoms with Gasteiger partial charge in [0.15, 0.2) is 0 Å². The summed E-state index contributed by atoms with van der Waals surface area (Å²) in [6.45, 7) is 8.63. The summed E-state index contributed by atoms with van der Waals surface area (Å²) in [5.74, 6) is -1.28. The molecule has 0 atom stereocenters. The molecule has 0 radical (unpaired) electrons. The highest BCUT2D eigenvalue weighted by molar-refractivity contribution is 5.86. The first-order chi connectivity index (χ1) is 18.4. The predicted molar refractivity (Wildman–Crippen MR) is 139 cm³/mol. The summed E-state index contributed by atoms with van der Waals surface area (Å²) < 4.78 is 21.4. The fraction of sp³-hybridized carbons (Fsp3) is 0.783. The Labute approximate surface area is 224 Å². The van der Waals surface area contributed by atoms with Gasteiger partial charge in [0.05, 0.1) is 72.4 Å². The van der Waals surface area contributed by atoms with E-state index in [-0.39, 0.29) is 43.9 Å². The second kappa shape index (κ2) is 30.4. The van der Waals surface area contributed by atoms with Crippen molar-refractivity contribution in [3.8, 4) is 0 Å². The summed E-state index contributed by atoms with van der Waals surface area (Å²) in [5.41, 5.74) is 4.99. The van der Waals surface area contributed by atoms with Gasteiger partial charge < -0.3 is 51.3 Å². The number of carbonyl (C=O) groups is 5. The Morgan fingerprint density at radius 3 is 1.61 bits per heavy atom. The van der Waals surface area contributed by atoms with E-state index in [0.717, 1.165) is 19.4 Å². The van der Waals surface area contributed by atoms with Crippen molar-refractivity contribution in [2.45, 2.75) is 26.7 Å². The monoisotopic (exact) mass is 550 g/mol. The van der Waals surface area contributed by atoms with E-state index in [4.69, 9.17) is 24.7 Å². The topological polar surface area (TPSA) is 208 Å². The molecule has 0 aliphatic heterocycles. The van der Waals surface area contributed by atoms with Crippen LogP contribution in [0.15, 0.2) is 0 Å². The molecule has 15 heteroatoms. The number of rotatable bonds is 24. The van der Waals surface area contributed by atoms with Crippen LogP contribution in [0.4, 0.5) is 0 Å². The third kappa shape index (κ3) is 31.2. The lowest BCUT2D eigenvalue weighted by Crippen LogP contribution is -2.41. The number of carbonyl (C=O) groups excluding carboxylic acids is 5. The Bertz CT molecular complexity index is 626. The van der Waals surface area contributed by atoms with Crippen LogP contribution in [0.3, 0.4) is 0 Å². The van der Waals surface area contributed by atoms with E-state index < -0.39 is 5.91 Å². The molecule has 222 valence electrons. The van der Waals surface area contributed by atoms with Gasteiger partial charge in [-0.15, -0.1) is 0 Å². The first kappa shape index (κ1) is 37.3. The molecule has 0 rings (SSSR count). The van der Waals surface area contributed by atoms with Crippen LogP contribution in [0, 0.1) is 0 Å². The van der Waals surface area contributed by atoms with Gasteiger partial charge in [-0.25, -0.2) is 0 Å². The van der Waals surface area contributed by atoms with Crippen molar-refractivity contribution in [2.24, 2.45) is 5.73 Å². The van der Waals surface area contributed by atoms with Gasteiger partial charge in [-0.05, 0) is 13.3 Å².